The van der Waals surface area contributed by atoms with Crippen molar-refractivity contribution in [2.45, 2.75) is 77.9 Å². The molecule has 1 aliphatic heterocycles. The highest BCUT2D eigenvalue weighted by molar-refractivity contribution is 7.90. The van der Waals surface area contributed by atoms with Gasteiger partial charge < -0.3 is 20.1 Å². The Kier molecular flexibility index (Phi) is 7.03. The van der Waals surface area contributed by atoms with E-state index >= 15 is 0 Å². The highest BCUT2D eigenvalue weighted by Crippen LogP contribution is 2.46. The number of nitrogens with one attached hydrogen (secondary N) is 2. The van der Waals surface area contributed by atoms with Crippen molar-refractivity contribution in [2.75, 3.05) is 32.1 Å². The summed E-state index contributed by atoms with van der Waals surface area (Å²) in [6.07, 6.45) is 2.43. The highest BCUT2D eigenvalue weighted by atomic mass is 32.2. The van der Waals surface area contributed by atoms with Gasteiger partial charge in [0.2, 0.25) is 0 Å². The Morgan fingerprint density at radius 1 is 1.27 bits per heavy atom. The second-order valence-corrected chi connectivity index (χ2v) is 12.2. The fourth-order valence-corrected chi connectivity index (χ4v) is 5.42. The number of hydrogen-bond acceptors (Lipinski definition) is 6. The van der Waals surface area contributed by atoms with E-state index < -0.39 is 27.3 Å². The maximum absolute atomic E-state index is 12.8. The smallest absolute Gasteiger partial charge is 0.412 e. The minimum Gasteiger partial charge on any atom is -0.444 e. The molecule has 10 heteroatoms. The van der Waals surface area contributed by atoms with Gasteiger partial charge in [0.25, 0.3) is 0 Å². The normalized spacial score (nSPS) is 25.7. The molecule has 2 unspecified atom stereocenters. The van der Waals surface area contributed by atoms with Crippen molar-refractivity contribution in [3.05, 3.63) is 0 Å². The van der Waals surface area contributed by atoms with Crippen molar-refractivity contribution in [3.8, 4) is 0 Å². The van der Waals surface area contributed by atoms with Crippen LogP contribution >= 0.6 is 0 Å². The van der Waals surface area contributed by atoms with Crippen LogP contribution in [0.4, 0.5) is 4.79 Å². The molecule has 2 atom stereocenters. The number of nitrogens with zero attached hydrogens (tertiary/aromatic N) is 2. The van der Waals surface area contributed by atoms with Crippen LogP contribution in [-0.2, 0) is 19.3 Å². The standard InChI is InChI=1S/C20H38N4O5S/c1-14-15(24(19(5,6)28-14)17(25)29-18(2,3)4)11-22-16(21-7)23-12-20(9-10-20)13-30(8,26)27/h14-15H,9-13H2,1-8H3,(H2,21,22,23). The molecule has 2 N–H and O–H groups in total. The number of amides is 1. The number of rotatable bonds is 6. The molecule has 0 bridgehead atoms. The van der Waals surface area contributed by atoms with Gasteiger partial charge in [-0.25, -0.2) is 13.2 Å². The van der Waals surface area contributed by atoms with Crippen molar-refractivity contribution in [1.29, 1.82) is 0 Å². The third kappa shape index (κ3) is 6.73. The summed E-state index contributed by atoms with van der Waals surface area (Å²) in [5.74, 6) is 0.744. The molecule has 1 amide bonds. The number of ether oxygens (including phenoxy) is 2. The van der Waals surface area contributed by atoms with Crippen LogP contribution < -0.4 is 10.6 Å². The van der Waals surface area contributed by atoms with Gasteiger partial charge in [-0.15, -0.1) is 0 Å². The van der Waals surface area contributed by atoms with E-state index in [0.717, 1.165) is 12.8 Å². The van der Waals surface area contributed by atoms with Gasteiger partial charge in [-0.1, -0.05) is 0 Å². The molecule has 174 valence electrons. The summed E-state index contributed by atoms with van der Waals surface area (Å²) in [6, 6.07) is -0.251. The molecule has 0 aromatic carbocycles. The summed E-state index contributed by atoms with van der Waals surface area (Å²) in [5, 5.41) is 6.49. The zero-order valence-corrected chi connectivity index (χ0v) is 20.4. The molecule has 0 spiro atoms. The van der Waals surface area contributed by atoms with Crippen LogP contribution in [-0.4, -0.2) is 81.0 Å². The Morgan fingerprint density at radius 3 is 2.33 bits per heavy atom. The quantitative estimate of drug-likeness (QED) is 0.472. The van der Waals surface area contributed by atoms with E-state index in [0.29, 0.717) is 19.0 Å². The van der Waals surface area contributed by atoms with E-state index in [4.69, 9.17) is 9.47 Å². The summed E-state index contributed by atoms with van der Waals surface area (Å²) in [4.78, 5) is 18.7. The molecule has 9 nitrogen and oxygen atoms in total. The van der Waals surface area contributed by atoms with Crippen molar-refractivity contribution in [2.24, 2.45) is 10.4 Å². The number of sulfone groups is 1. The van der Waals surface area contributed by atoms with E-state index in [1.54, 1.807) is 11.9 Å². The van der Waals surface area contributed by atoms with Crippen LogP contribution in [0.25, 0.3) is 0 Å². The SMILES string of the molecule is CN=C(NCC1C(C)OC(C)(C)N1C(=O)OC(C)(C)C)NCC1(CS(C)(=O)=O)CC1. The molecular weight excluding hydrogens is 408 g/mol. The molecule has 2 rings (SSSR count). The van der Waals surface area contributed by atoms with E-state index in [9.17, 15) is 13.2 Å². The number of hydrogen-bond donors (Lipinski definition) is 2. The molecule has 0 aromatic rings. The fourth-order valence-electron chi connectivity index (χ4n) is 3.92. The first kappa shape index (κ1) is 24.7. The average molecular weight is 447 g/mol. The van der Waals surface area contributed by atoms with Gasteiger partial charge in [0.15, 0.2) is 5.96 Å². The number of guanidine groups is 1. The third-order valence-electron chi connectivity index (χ3n) is 5.38. The van der Waals surface area contributed by atoms with Crippen LogP contribution in [0.5, 0.6) is 0 Å². The first-order valence-electron chi connectivity index (χ1n) is 10.4. The van der Waals surface area contributed by atoms with Gasteiger partial charge in [-0.2, -0.15) is 0 Å². The maximum atomic E-state index is 12.8. The zero-order valence-electron chi connectivity index (χ0n) is 19.5. The first-order chi connectivity index (χ1) is 13.6. The Hall–Kier alpha value is -1.55. The molecule has 30 heavy (non-hydrogen) atoms. The van der Waals surface area contributed by atoms with Crippen molar-refractivity contribution in [1.82, 2.24) is 15.5 Å². The minimum atomic E-state index is -3.03. The molecule has 1 saturated heterocycles. The van der Waals surface area contributed by atoms with Crippen LogP contribution in [0, 0.1) is 5.41 Å². The van der Waals surface area contributed by atoms with E-state index in [1.807, 2.05) is 41.5 Å². The van der Waals surface area contributed by atoms with Gasteiger partial charge in [-0.05, 0) is 54.4 Å². The Morgan fingerprint density at radius 2 is 1.87 bits per heavy atom. The van der Waals surface area contributed by atoms with Crippen LogP contribution in [0.1, 0.15) is 54.4 Å². The fraction of sp³-hybridized carbons (Fsp3) is 0.900. The number of aliphatic imine (C=N–C) groups is 1. The van der Waals surface area contributed by atoms with E-state index in [1.165, 1.54) is 6.26 Å². The van der Waals surface area contributed by atoms with Crippen molar-refractivity contribution >= 4 is 21.9 Å². The number of carbonyl (C=O) groups is 1. The lowest BCUT2D eigenvalue weighted by molar-refractivity contribution is -0.0755. The molecule has 2 aliphatic rings. The topological polar surface area (TPSA) is 109 Å². The molecule has 2 fully saturated rings. The largest absolute Gasteiger partial charge is 0.444 e. The summed E-state index contributed by atoms with van der Waals surface area (Å²) in [5.41, 5.74) is -1.61. The molecule has 0 radical (unpaired) electrons. The Bertz CT molecular complexity index is 769. The van der Waals surface area contributed by atoms with Crippen LogP contribution in [0.3, 0.4) is 0 Å². The predicted molar refractivity (Wildman–Crippen MR) is 117 cm³/mol. The van der Waals surface area contributed by atoms with Gasteiger partial charge in [0.1, 0.15) is 21.2 Å². The lowest BCUT2D eigenvalue weighted by Gasteiger charge is -2.35. The molecule has 0 aromatic heterocycles. The molecule has 1 saturated carbocycles. The summed E-state index contributed by atoms with van der Waals surface area (Å²) < 4.78 is 34.9. The lowest BCUT2D eigenvalue weighted by Crippen LogP contribution is -2.54. The molecule has 1 aliphatic carbocycles. The second kappa shape index (κ2) is 8.53. The summed E-state index contributed by atoms with van der Waals surface area (Å²) in [6.45, 7) is 12.1. The monoisotopic (exact) mass is 446 g/mol. The van der Waals surface area contributed by atoms with Gasteiger partial charge in [0.05, 0.1) is 17.9 Å². The predicted octanol–water partition coefficient (Wildman–Crippen LogP) is 1.74. The van der Waals surface area contributed by atoms with E-state index in [2.05, 4.69) is 15.6 Å². The van der Waals surface area contributed by atoms with Crippen molar-refractivity contribution in [3.63, 3.8) is 0 Å². The Balaban J connectivity index is 1.99. The van der Waals surface area contributed by atoms with Gasteiger partial charge in [-0.3, -0.25) is 9.89 Å². The van der Waals surface area contributed by atoms with Gasteiger partial charge >= 0.3 is 6.09 Å². The summed E-state index contributed by atoms with van der Waals surface area (Å²) >= 11 is 0. The zero-order chi connectivity index (χ0) is 23.0. The van der Waals surface area contributed by atoms with Gasteiger partial charge in [0, 0.05) is 31.8 Å². The third-order valence-corrected chi connectivity index (χ3v) is 6.51. The lowest BCUT2D eigenvalue weighted by atomic mass is 10.1. The highest BCUT2D eigenvalue weighted by Gasteiger charge is 2.49. The minimum absolute atomic E-state index is 0.179. The maximum Gasteiger partial charge on any atom is 0.412 e. The Labute approximate surface area is 180 Å². The molecular formula is C20H38N4O5S. The van der Waals surface area contributed by atoms with Crippen LogP contribution in [0.15, 0.2) is 4.99 Å². The van der Waals surface area contributed by atoms with Crippen LogP contribution in [0.2, 0.25) is 0 Å². The average Bonchev–Trinajstić information content (AvgIpc) is 3.23. The number of carbonyl (C=O) groups excluding carboxylic acids is 1. The first-order valence-corrected chi connectivity index (χ1v) is 12.5. The van der Waals surface area contributed by atoms with Crippen molar-refractivity contribution < 1.29 is 22.7 Å². The van der Waals surface area contributed by atoms with E-state index in [-0.39, 0.29) is 23.3 Å². The summed E-state index contributed by atoms with van der Waals surface area (Å²) in [7, 11) is -1.36. The molecule has 1 heterocycles. The second-order valence-electron chi connectivity index (χ2n) is 10.1.